The lowest BCUT2D eigenvalue weighted by Gasteiger charge is -2.36. The van der Waals surface area contributed by atoms with Crippen molar-refractivity contribution >= 4 is 45.8 Å². The standard InChI is InChI=1S/C30H37F2N7O4/c1-16(33-5)27(40)38-25(30(2,3)4)29(42)39-11-7-8-23(39)28(41)37-22-13-18-21(14-24(22)43-6)34-15-35-26(18)36-20-10-9-17(31)12-19(20)32/h9-10,12-16,23,25,33H,7-8,11H2,1-6H3,(H,37,41)(H,38,40)(H,34,35,36)/t16-,23-,25+/m0/s1. The summed E-state index contributed by atoms with van der Waals surface area (Å²) in [5, 5.41) is 11.9. The number of halogens is 2. The minimum atomic E-state index is -0.850. The fourth-order valence-electron chi connectivity index (χ4n) is 4.90. The summed E-state index contributed by atoms with van der Waals surface area (Å²) in [5.74, 6) is -2.06. The number of aromatic nitrogens is 2. The molecule has 0 saturated carbocycles. The van der Waals surface area contributed by atoms with Gasteiger partial charge in [-0.05, 0) is 50.4 Å². The molecule has 1 aromatic heterocycles. The summed E-state index contributed by atoms with van der Waals surface area (Å²) >= 11 is 0. The largest absolute Gasteiger partial charge is 0.494 e. The first-order chi connectivity index (χ1) is 20.3. The molecule has 2 heterocycles. The van der Waals surface area contributed by atoms with Gasteiger partial charge >= 0.3 is 0 Å². The number of fused-ring (bicyclic) bond motifs is 1. The summed E-state index contributed by atoms with van der Waals surface area (Å²) in [7, 11) is 3.10. The van der Waals surface area contributed by atoms with Crippen LogP contribution in [0.5, 0.6) is 5.75 Å². The number of nitrogens with one attached hydrogen (secondary N) is 4. The van der Waals surface area contributed by atoms with Crippen molar-refractivity contribution in [2.45, 2.75) is 58.7 Å². The number of carbonyl (C=O) groups excluding carboxylic acids is 3. The Balaban J connectivity index is 1.61. The number of likely N-dealkylation sites (N-methyl/N-ethyl adjacent to an activating group) is 1. The van der Waals surface area contributed by atoms with E-state index in [9.17, 15) is 23.2 Å². The molecule has 0 bridgehead atoms. The van der Waals surface area contributed by atoms with Crippen molar-refractivity contribution in [3.8, 4) is 5.75 Å². The molecule has 1 saturated heterocycles. The van der Waals surface area contributed by atoms with Crippen LogP contribution in [0.1, 0.15) is 40.5 Å². The van der Waals surface area contributed by atoms with Gasteiger partial charge in [0.15, 0.2) is 0 Å². The van der Waals surface area contributed by atoms with Gasteiger partial charge in [-0.3, -0.25) is 14.4 Å². The Morgan fingerprint density at radius 1 is 1.09 bits per heavy atom. The van der Waals surface area contributed by atoms with Gasteiger partial charge in [-0.15, -0.1) is 0 Å². The van der Waals surface area contributed by atoms with Crippen LogP contribution >= 0.6 is 0 Å². The second kappa shape index (κ2) is 12.9. The topological polar surface area (TPSA) is 138 Å². The second-order valence-electron chi connectivity index (χ2n) is 11.5. The molecule has 3 aromatic rings. The minimum Gasteiger partial charge on any atom is -0.494 e. The van der Waals surface area contributed by atoms with Crippen LogP contribution in [-0.4, -0.2) is 71.4 Å². The van der Waals surface area contributed by atoms with Crippen LogP contribution in [0, 0.1) is 17.0 Å². The molecule has 2 aromatic carbocycles. The van der Waals surface area contributed by atoms with E-state index in [1.54, 1.807) is 26.1 Å². The third-order valence-corrected chi connectivity index (χ3v) is 7.46. The number of ether oxygens (including phenoxy) is 1. The monoisotopic (exact) mass is 597 g/mol. The maximum Gasteiger partial charge on any atom is 0.247 e. The second-order valence-corrected chi connectivity index (χ2v) is 11.5. The first kappa shape index (κ1) is 31.5. The molecule has 13 heteroatoms. The molecular weight excluding hydrogens is 560 g/mol. The number of rotatable bonds is 9. The lowest BCUT2D eigenvalue weighted by molar-refractivity contribution is -0.143. The fraction of sp³-hybridized carbons (Fsp3) is 0.433. The quantitative estimate of drug-likeness (QED) is 0.293. The predicted octanol–water partition coefficient (Wildman–Crippen LogP) is 3.73. The number of hydrogen-bond donors (Lipinski definition) is 4. The first-order valence-electron chi connectivity index (χ1n) is 14.0. The van der Waals surface area contributed by atoms with Gasteiger partial charge in [0.05, 0.1) is 30.0 Å². The van der Waals surface area contributed by atoms with Crippen LogP contribution in [0.4, 0.5) is 26.0 Å². The molecule has 43 heavy (non-hydrogen) atoms. The Morgan fingerprint density at radius 3 is 2.49 bits per heavy atom. The number of amides is 3. The molecule has 0 aliphatic carbocycles. The van der Waals surface area contributed by atoms with Crippen LogP contribution < -0.4 is 26.0 Å². The van der Waals surface area contributed by atoms with E-state index in [0.29, 0.717) is 41.7 Å². The van der Waals surface area contributed by atoms with Gasteiger partial charge in [0.2, 0.25) is 17.7 Å². The van der Waals surface area contributed by atoms with Crippen molar-refractivity contribution in [3.05, 3.63) is 48.3 Å². The van der Waals surface area contributed by atoms with Crippen molar-refractivity contribution in [2.24, 2.45) is 5.41 Å². The molecule has 1 fully saturated rings. The van der Waals surface area contributed by atoms with E-state index in [2.05, 4.69) is 31.2 Å². The van der Waals surface area contributed by atoms with Crippen molar-refractivity contribution in [1.82, 2.24) is 25.5 Å². The number of anilines is 3. The van der Waals surface area contributed by atoms with Crippen LogP contribution in [0.25, 0.3) is 10.9 Å². The highest BCUT2D eigenvalue weighted by Crippen LogP contribution is 2.34. The maximum atomic E-state index is 14.4. The van der Waals surface area contributed by atoms with E-state index in [4.69, 9.17) is 4.74 Å². The summed E-state index contributed by atoms with van der Waals surface area (Å²) in [6, 6.07) is 4.19. The lowest BCUT2D eigenvalue weighted by atomic mass is 9.85. The van der Waals surface area contributed by atoms with Crippen LogP contribution in [0.15, 0.2) is 36.7 Å². The first-order valence-corrected chi connectivity index (χ1v) is 14.0. The average molecular weight is 598 g/mol. The normalized spacial score (nSPS) is 16.5. The number of likely N-dealkylation sites (tertiary alicyclic amines) is 1. The van der Waals surface area contributed by atoms with Crippen LogP contribution in [0.2, 0.25) is 0 Å². The number of methoxy groups -OCH3 is 1. The van der Waals surface area contributed by atoms with Gasteiger partial charge in [0.1, 0.15) is 41.6 Å². The highest BCUT2D eigenvalue weighted by Gasteiger charge is 2.42. The zero-order valence-corrected chi connectivity index (χ0v) is 25.0. The van der Waals surface area contributed by atoms with Gasteiger partial charge in [0.25, 0.3) is 0 Å². The zero-order chi connectivity index (χ0) is 31.5. The Labute approximate surface area is 248 Å². The Hall–Kier alpha value is -4.39. The van der Waals surface area contributed by atoms with Gasteiger partial charge in [0, 0.05) is 24.1 Å². The van der Waals surface area contributed by atoms with E-state index < -0.39 is 41.1 Å². The molecular formula is C30H37F2N7O4. The average Bonchev–Trinajstić information content (AvgIpc) is 3.46. The summed E-state index contributed by atoms with van der Waals surface area (Å²) in [4.78, 5) is 50.1. The third kappa shape index (κ3) is 6.99. The number of nitrogens with zero attached hydrogens (tertiary/aromatic N) is 3. The summed E-state index contributed by atoms with van der Waals surface area (Å²) in [5.41, 5.74) is 0.138. The van der Waals surface area contributed by atoms with Gasteiger partial charge in [-0.2, -0.15) is 0 Å². The smallest absolute Gasteiger partial charge is 0.247 e. The molecule has 4 rings (SSSR count). The summed E-state index contributed by atoms with van der Waals surface area (Å²) in [6.45, 7) is 7.63. The molecule has 0 unspecified atom stereocenters. The highest BCUT2D eigenvalue weighted by molar-refractivity contribution is 6.03. The maximum absolute atomic E-state index is 14.4. The van der Waals surface area contributed by atoms with Crippen LogP contribution in [0.3, 0.4) is 0 Å². The molecule has 4 N–H and O–H groups in total. The van der Waals surface area contributed by atoms with Gasteiger partial charge < -0.3 is 30.9 Å². The van der Waals surface area contributed by atoms with Crippen molar-refractivity contribution < 1.29 is 27.9 Å². The molecule has 0 spiro atoms. The summed E-state index contributed by atoms with van der Waals surface area (Å²) in [6.07, 6.45) is 2.33. The highest BCUT2D eigenvalue weighted by atomic mass is 19.1. The van der Waals surface area contributed by atoms with Crippen molar-refractivity contribution in [1.29, 1.82) is 0 Å². The summed E-state index contributed by atoms with van der Waals surface area (Å²) < 4.78 is 33.3. The van der Waals surface area contributed by atoms with Gasteiger partial charge in [-0.25, -0.2) is 18.7 Å². The molecule has 230 valence electrons. The lowest BCUT2D eigenvalue weighted by Crippen LogP contribution is -2.59. The van der Waals surface area contributed by atoms with Crippen LogP contribution in [-0.2, 0) is 14.4 Å². The fourth-order valence-corrected chi connectivity index (χ4v) is 4.90. The van der Waals surface area contributed by atoms with Crippen molar-refractivity contribution in [3.63, 3.8) is 0 Å². The molecule has 3 amide bonds. The van der Waals surface area contributed by atoms with E-state index in [1.165, 1.54) is 24.4 Å². The van der Waals surface area contributed by atoms with E-state index in [0.717, 1.165) is 12.1 Å². The Bertz CT molecular complexity index is 1530. The molecule has 0 radical (unpaired) electrons. The molecule has 1 aliphatic heterocycles. The third-order valence-electron chi connectivity index (χ3n) is 7.46. The minimum absolute atomic E-state index is 0.00696. The van der Waals surface area contributed by atoms with E-state index >= 15 is 0 Å². The zero-order valence-electron chi connectivity index (χ0n) is 25.0. The van der Waals surface area contributed by atoms with E-state index in [-0.39, 0.29) is 23.3 Å². The Kier molecular flexibility index (Phi) is 9.43. The predicted molar refractivity (Wildman–Crippen MR) is 159 cm³/mol. The SMILES string of the molecule is CN[C@@H](C)C(=O)N[C@H](C(=O)N1CCC[C@H]1C(=O)Nc1cc2c(Nc3ccc(F)cc3F)ncnc2cc1OC)C(C)(C)C. The number of benzene rings is 2. The molecule has 3 atom stereocenters. The molecule has 11 nitrogen and oxygen atoms in total. The Morgan fingerprint density at radius 2 is 1.84 bits per heavy atom. The molecule has 1 aliphatic rings. The number of carbonyl (C=O) groups is 3. The van der Waals surface area contributed by atoms with Crippen molar-refractivity contribution in [2.75, 3.05) is 31.3 Å². The number of hydrogen-bond acceptors (Lipinski definition) is 8. The van der Waals surface area contributed by atoms with Gasteiger partial charge in [-0.1, -0.05) is 20.8 Å². The van der Waals surface area contributed by atoms with E-state index in [1.807, 2.05) is 20.8 Å².